The van der Waals surface area contributed by atoms with Gasteiger partial charge in [-0.3, -0.25) is 0 Å². The minimum atomic E-state index is -2.09. The van der Waals surface area contributed by atoms with Gasteiger partial charge in [0.05, 0.1) is 7.11 Å². The average molecular weight is 380 g/mol. The molecule has 0 atom stereocenters. The van der Waals surface area contributed by atoms with E-state index in [1.807, 2.05) is 0 Å². The van der Waals surface area contributed by atoms with Crippen molar-refractivity contribution in [3.05, 3.63) is 58.2 Å². The number of benzene rings is 2. The topological polar surface area (TPSA) is 72.8 Å². The number of hydrogen-bond acceptors (Lipinski definition) is 4. The van der Waals surface area contributed by atoms with Crippen molar-refractivity contribution in [2.75, 3.05) is 7.11 Å². The average Bonchev–Trinajstić information content (AvgIpc) is 2.58. The summed E-state index contributed by atoms with van der Waals surface area (Å²) in [6, 6.07) is 0.00818. The SMILES string of the molecule is COc1c(F)c(F)cc(C(=O)Oc2c(F)c(F)cc(C(=O)O)c2F)c1F. The molecule has 0 amide bonds. The van der Waals surface area contributed by atoms with Gasteiger partial charge >= 0.3 is 11.9 Å². The lowest BCUT2D eigenvalue weighted by molar-refractivity contribution is 0.0670. The first-order valence-corrected chi connectivity index (χ1v) is 6.44. The van der Waals surface area contributed by atoms with Crippen molar-refractivity contribution in [1.82, 2.24) is 0 Å². The van der Waals surface area contributed by atoms with E-state index in [1.54, 1.807) is 0 Å². The lowest BCUT2D eigenvalue weighted by atomic mass is 10.1. The molecule has 1 N–H and O–H groups in total. The summed E-state index contributed by atoms with van der Waals surface area (Å²) < 4.78 is 89.9. The van der Waals surface area contributed by atoms with Crippen LogP contribution in [-0.4, -0.2) is 24.2 Å². The molecule has 2 aromatic carbocycles. The molecule has 0 fully saturated rings. The first-order chi connectivity index (χ1) is 12.1. The molecule has 0 aliphatic carbocycles. The van der Waals surface area contributed by atoms with Crippen LogP contribution in [0.15, 0.2) is 12.1 Å². The molecule has 2 aromatic rings. The van der Waals surface area contributed by atoms with Crippen LogP contribution < -0.4 is 9.47 Å². The zero-order chi connectivity index (χ0) is 19.8. The van der Waals surface area contributed by atoms with Crippen molar-refractivity contribution in [2.45, 2.75) is 0 Å². The van der Waals surface area contributed by atoms with Crippen LogP contribution in [0.25, 0.3) is 0 Å². The minimum Gasteiger partial charge on any atom is -0.491 e. The smallest absolute Gasteiger partial charge is 0.346 e. The summed E-state index contributed by atoms with van der Waals surface area (Å²) >= 11 is 0. The van der Waals surface area contributed by atoms with Crippen LogP contribution in [-0.2, 0) is 0 Å². The van der Waals surface area contributed by atoms with E-state index in [4.69, 9.17) is 5.11 Å². The number of methoxy groups -OCH3 is 1. The normalized spacial score (nSPS) is 10.6. The molecule has 0 heterocycles. The molecule has 0 saturated heterocycles. The number of halogens is 6. The van der Waals surface area contributed by atoms with E-state index in [2.05, 4.69) is 9.47 Å². The fourth-order valence-electron chi connectivity index (χ4n) is 1.88. The van der Waals surface area contributed by atoms with Gasteiger partial charge in [0.15, 0.2) is 29.0 Å². The zero-order valence-corrected chi connectivity index (χ0v) is 12.5. The number of carbonyl (C=O) groups excluding carboxylic acids is 1. The van der Waals surface area contributed by atoms with Crippen molar-refractivity contribution in [1.29, 1.82) is 0 Å². The van der Waals surface area contributed by atoms with Gasteiger partial charge in [-0.05, 0) is 12.1 Å². The molecular formula is C15H6F6O5. The number of rotatable bonds is 4. The molecule has 0 aromatic heterocycles. The Morgan fingerprint density at radius 2 is 1.27 bits per heavy atom. The Morgan fingerprint density at radius 3 is 1.77 bits per heavy atom. The largest absolute Gasteiger partial charge is 0.491 e. The Labute approximate surface area is 140 Å². The Hall–Kier alpha value is -3.24. The van der Waals surface area contributed by atoms with Gasteiger partial charge in [0.25, 0.3) is 0 Å². The standard InChI is InChI=1S/C15H6F6O5/c1-25-12-9(19)5(3-7(17)10(12)20)15(24)26-13-8(18)4(14(22)23)2-6(16)11(13)21/h2-3H,1H3,(H,22,23). The van der Waals surface area contributed by atoms with Gasteiger partial charge < -0.3 is 14.6 Å². The summed E-state index contributed by atoms with van der Waals surface area (Å²) in [5.74, 6) is -18.3. The molecule has 0 bridgehead atoms. The van der Waals surface area contributed by atoms with Crippen LogP contribution in [0, 0.1) is 34.9 Å². The second-order valence-electron chi connectivity index (χ2n) is 4.62. The molecule has 5 nitrogen and oxygen atoms in total. The molecule has 2 rings (SSSR count). The lowest BCUT2D eigenvalue weighted by Crippen LogP contribution is -2.16. The number of aromatic carboxylic acids is 1. The molecule has 11 heteroatoms. The van der Waals surface area contributed by atoms with Gasteiger partial charge in [-0.1, -0.05) is 0 Å². The van der Waals surface area contributed by atoms with Crippen LogP contribution in [0.1, 0.15) is 20.7 Å². The van der Waals surface area contributed by atoms with E-state index in [0.717, 1.165) is 7.11 Å². The van der Waals surface area contributed by atoms with E-state index >= 15 is 0 Å². The molecule has 0 aliphatic heterocycles. The highest BCUT2D eigenvalue weighted by Crippen LogP contribution is 2.31. The maximum Gasteiger partial charge on any atom is 0.346 e. The fraction of sp³-hybridized carbons (Fsp3) is 0.0667. The maximum atomic E-state index is 14.0. The molecule has 0 aliphatic rings. The van der Waals surface area contributed by atoms with Crippen LogP contribution in [0.3, 0.4) is 0 Å². The second-order valence-corrected chi connectivity index (χ2v) is 4.62. The molecule has 0 saturated carbocycles. The van der Waals surface area contributed by atoms with Crippen molar-refractivity contribution < 1.29 is 50.5 Å². The molecule has 0 unspecified atom stereocenters. The number of carboxylic acid groups (broad SMARTS) is 1. The van der Waals surface area contributed by atoms with E-state index in [-0.39, 0.29) is 12.1 Å². The summed E-state index contributed by atoms with van der Waals surface area (Å²) in [6.07, 6.45) is 0. The molecule has 26 heavy (non-hydrogen) atoms. The van der Waals surface area contributed by atoms with Crippen molar-refractivity contribution >= 4 is 11.9 Å². The highest BCUT2D eigenvalue weighted by Gasteiger charge is 2.29. The van der Waals surface area contributed by atoms with Crippen LogP contribution >= 0.6 is 0 Å². The Morgan fingerprint density at radius 1 is 0.808 bits per heavy atom. The van der Waals surface area contributed by atoms with Crippen molar-refractivity contribution in [3.63, 3.8) is 0 Å². The Balaban J connectivity index is 2.56. The lowest BCUT2D eigenvalue weighted by Gasteiger charge is -2.11. The highest BCUT2D eigenvalue weighted by atomic mass is 19.2. The first-order valence-electron chi connectivity index (χ1n) is 6.44. The molecule has 138 valence electrons. The third kappa shape index (κ3) is 3.15. The highest BCUT2D eigenvalue weighted by molar-refractivity contribution is 5.93. The van der Waals surface area contributed by atoms with E-state index < -0.39 is 69.5 Å². The third-order valence-corrected chi connectivity index (χ3v) is 3.08. The van der Waals surface area contributed by atoms with Gasteiger partial charge in [-0.2, -0.15) is 8.78 Å². The predicted octanol–water partition coefficient (Wildman–Crippen LogP) is 3.45. The number of ether oxygens (including phenoxy) is 2. The summed E-state index contributed by atoms with van der Waals surface area (Å²) in [5, 5.41) is 8.70. The van der Waals surface area contributed by atoms with Crippen molar-refractivity contribution in [3.8, 4) is 11.5 Å². The van der Waals surface area contributed by atoms with Gasteiger partial charge in [-0.25, -0.2) is 27.2 Å². The van der Waals surface area contributed by atoms with E-state index in [1.165, 1.54) is 0 Å². The van der Waals surface area contributed by atoms with Crippen LogP contribution in [0.5, 0.6) is 11.5 Å². The van der Waals surface area contributed by atoms with Gasteiger partial charge in [0, 0.05) is 0 Å². The summed E-state index contributed by atoms with van der Waals surface area (Å²) in [5.41, 5.74) is -2.71. The number of carbonyl (C=O) groups is 2. The maximum absolute atomic E-state index is 14.0. The summed E-state index contributed by atoms with van der Waals surface area (Å²) in [4.78, 5) is 22.6. The third-order valence-electron chi connectivity index (χ3n) is 3.08. The quantitative estimate of drug-likeness (QED) is 0.381. The Bertz CT molecular complexity index is 928. The van der Waals surface area contributed by atoms with Gasteiger partial charge in [-0.15, -0.1) is 0 Å². The monoisotopic (exact) mass is 380 g/mol. The molecule has 0 spiro atoms. The fourth-order valence-corrected chi connectivity index (χ4v) is 1.88. The summed E-state index contributed by atoms with van der Waals surface area (Å²) in [6.45, 7) is 0. The molecular weight excluding hydrogens is 374 g/mol. The summed E-state index contributed by atoms with van der Waals surface area (Å²) in [7, 11) is 0.751. The predicted molar refractivity (Wildman–Crippen MR) is 71.1 cm³/mol. The molecule has 0 radical (unpaired) electrons. The van der Waals surface area contributed by atoms with Crippen molar-refractivity contribution in [2.24, 2.45) is 0 Å². The minimum absolute atomic E-state index is 0.00842. The zero-order valence-electron chi connectivity index (χ0n) is 12.5. The van der Waals surface area contributed by atoms with Gasteiger partial charge in [0.2, 0.25) is 17.4 Å². The second kappa shape index (κ2) is 6.94. The first kappa shape index (κ1) is 19.1. The number of carboxylic acids is 1. The van der Waals surface area contributed by atoms with Gasteiger partial charge in [0.1, 0.15) is 11.1 Å². The van der Waals surface area contributed by atoms with Crippen LogP contribution in [0.4, 0.5) is 26.3 Å². The number of esters is 1. The Kier molecular flexibility index (Phi) is 5.10. The van der Waals surface area contributed by atoms with E-state index in [9.17, 15) is 35.9 Å². The van der Waals surface area contributed by atoms with E-state index in [0.29, 0.717) is 0 Å². The number of hydrogen-bond donors (Lipinski definition) is 1. The van der Waals surface area contributed by atoms with Crippen LogP contribution in [0.2, 0.25) is 0 Å².